The van der Waals surface area contributed by atoms with Crippen LogP contribution in [0, 0.1) is 17.2 Å². The Morgan fingerprint density at radius 3 is 2.83 bits per heavy atom. The second kappa shape index (κ2) is 7.69. The SMILES string of the molecule is N#Cc1ccc(N2CCN([C@H]3C=C(C4=CC5SC=CC5C(=O)N4)CC3)CC2)nc1. The lowest BCUT2D eigenvalue weighted by atomic mass is 9.97. The van der Waals surface area contributed by atoms with Gasteiger partial charge in [0.05, 0.1) is 11.5 Å². The molecule has 4 aliphatic rings. The van der Waals surface area contributed by atoms with Crippen LogP contribution in [0.5, 0.6) is 0 Å². The summed E-state index contributed by atoms with van der Waals surface area (Å²) in [5.74, 6) is 1.06. The van der Waals surface area contributed by atoms with Crippen molar-refractivity contribution in [2.24, 2.45) is 5.92 Å². The first-order valence-electron chi connectivity index (χ1n) is 10.1. The number of rotatable bonds is 3. The van der Waals surface area contributed by atoms with Crippen LogP contribution in [-0.4, -0.2) is 53.3 Å². The third-order valence-corrected chi connectivity index (χ3v) is 7.26. The van der Waals surface area contributed by atoms with Gasteiger partial charge in [-0.1, -0.05) is 12.2 Å². The highest BCUT2D eigenvalue weighted by molar-refractivity contribution is 8.03. The Morgan fingerprint density at radius 1 is 1.21 bits per heavy atom. The zero-order valence-electron chi connectivity index (χ0n) is 16.1. The zero-order valence-corrected chi connectivity index (χ0v) is 16.9. The number of fused-ring (bicyclic) bond motifs is 1. The van der Waals surface area contributed by atoms with Crippen molar-refractivity contribution >= 4 is 23.5 Å². The number of hydrogen-bond donors (Lipinski definition) is 1. The molecule has 1 aromatic rings. The fourth-order valence-corrected chi connectivity index (χ4v) is 5.58. The topological polar surface area (TPSA) is 72.3 Å². The van der Waals surface area contributed by atoms with Gasteiger partial charge in [0.25, 0.3) is 0 Å². The number of nitriles is 1. The van der Waals surface area contributed by atoms with Crippen molar-refractivity contribution in [3.05, 3.63) is 58.8 Å². The maximum atomic E-state index is 12.4. The van der Waals surface area contributed by atoms with Crippen LogP contribution in [0.3, 0.4) is 0 Å². The molecule has 1 saturated heterocycles. The molecule has 1 amide bonds. The normalized spacial score (nSPS) is 29.1. The molecule has 5 rings (SSSR count). The van der Waals surface area contributed by atoms with Gasteiger partial charge in [-0.15, -0.1) is 11.8 Å². The number of aromatic nitrogens is 1. The number of thioether (sulfide) groups is 1. The molecule has 29 heavy (non-hydrogen) atoms. The first kappa shape index (κ1) is 18.5. The Labute approximate surface area is 175 Å². The Kier molecular flexibility index (Phi) is 4.90. The summed E-state index contributed by atoms with van der Waals surface area (Å²) >= 11 is 1.74. The van der Waals surface area contributed by atoms with Crippen LogP contribution in [0.2, 0.25) is 0 Å². The molecule has 1 N–H and O–H groups in total. The van der Waals surface area contributed by atoms with Gasteiger partial charge in [0.1, 0.15) is 11.9 Å². The van der Waals surface area contributed by atoms with Crippen molar-refractivity contribution in [3.63, 3.8) is 0 Å². The first-order chi connectivity index (χ1) is 14.2. The van der Waals surface area contributed by atoms with E-state index in [2.05, 4.69) is 38.3 Å². The van der Waals surface area contributed by atoms with Gasteiger partial charge in [0.2, 0.25) is 5.91 Å². The standard InChI is InChI=1S/C22H23N5OS/c23-13-15-1-4-21(24-14-15)27-8-6-26(7-9-27)17-3-2-16(11-17)19-12-20-18(5-10-29-20)22(28)25-19/h1,4-5,10-12,14,17-18,20H,2-3,6-9H2,(H,25,28)/t17-,18?,20?/m1/s1. The van der Waals surface area contributed by atoms with Gasteiger partial charge in [-0.2, -0.15) is 5.26 Å². The molecule has 1 fully saturated rings. The lowest BCUT2D eigenvalue weighted by Gasteiger charge is -2.38. The number of amides is 1. The molecule has 148 valence electrons. The van der Waals surface area contributed by atoms with Crippen LogP contribution >= 0.6 is 11.8 Å². The van der Waals surface area contributed by atoms with Gasteiger partial charge in [-0.05, 0) is 42.0 Å². The third-order valence-electron chi connectivity index (χ3n) is 6.20. The lowest BCUT2D eigenvalue weighted by Crippen LogP contribution is -2.49. The summed E-state index contributed by atoms with van der Waals surface area (Å²) in [5, 5.41) is 14.3. The Morgan fingerprint density at radius 2 is 2.07 bits per heavy atom. The molecule has 7 heteroatoms. The number of carbonyl (C=O) groups is 1. The van der Waals surface area contributed by atoms with Gasteiger partial charge in [-0.3, -0.25) is 9.69 Å². The van der Waals surface area contributed by atoms with Crippen LogP contribution in [0.1, 0.15) is 18.4 Å². The number of carbonyl (C=O) groups excluding carboxylic acids is 1. The van der Waals surface area contributed by atoms with E-state index in [9.17, 15) is 4.79 Å². The van der Waals surface area contributed by atoms with Crippen molar-refractivity contribution < 1.29 is 4.79 Å². The second-order valence-corrected chi connectivity index (χ2v) is 8.95. The highest BCUT2D eigenvalue weighted by Crippen LogP contribution is 2.37. The van der Waals surface area contributed by atoms with Crippen LogP contribution in [0.4, 0.5) is 5.82 Å². The van der Waals surface area contributed by atoms with E-state index < -0.39 is 0 Å². The molecule has 4 heterocycles. The fourth-order valence-electron chi connectivity index (χ4n) is 4.54. The Hall–Kier alpha value is -2.56. The van der Waals surface area contributed by atoms with Gasteiger partial charge in [0.15, 0.2) is 0 Å². The van der Waals surface area contributed by atoms with Crippen LogP contribution in [0.15, 0.2) is 53.2 Å². The highest BCUT2D eigenvalue weighted by Gasteiger charge is 2.35. The summed E-state index contributed by atoms with van der Waals surface area (Å²) < 4.78 is 0. The monoisotopic (exact) mass is 405 g/mol. The third kappa shape index (κ3) is 3.59. The van der Waals surface area contributed by atoms with Crippen LogP contribution in [0.25, 0.3) is 0 Å². The molecule has 0 saturated carbocycles. The molecule has 0 radical (unpaired) electrons. The average Bonchev–Trinajstić information content (AvgIpc) is 3.44. The summed E-state index contributed by atoms with van der Waals surface area (Å²) in [6, 6.07) is 6.31. The minimum absolute atomic E-state index is 0.00883. The number of nitrogens with one attached hydrogen (secondary N) is 1. The highest BCUT2D eigenvalue weighted by atomic mass is 32.2. The molecule has 0 bridgehead atoms. The van der Waals surface area contributed by atoms with Crippen molar-refractivity contribution in [1.29, 1.82) is 5.26 Å². The molecule has 0 spiro atoms. The van der Waals surface area contributed by atoms with E-state index >= 15 is 0 Å². The molecule has 1 aliphatic carbocycles. The molecule has 1 aromatic heterocycles. The molecule has 0 aromatic carbocycles. The molecular formula is C22H23N5OS. The van der Waals surface area contributed by atoms with Gasteiger partial charge >= 0.3 is 0 Å². The van der Waals surface area contributed by atoms with Gasteiger partial charge in [-0.25, -0.2) is 4.98 Å². The van der Waals surface area contributed by atoms with Crippen LogP contribution < -0.4 is 10.2 Å². The van der Waals surface area contributed by atoms with E-state index in [1.165, 1.54) is 5.57 Å². The van der Waals surface area contributed by atoms with Crippen LogP contribution in [-0.2, 0) is 4.79 Å². The van der Waals surface area contributed by atoms with E-state index in [4.69, 9.17) is 5.26 Å². The van der Waals surface area contributed by atoms with E-state index in [0.717, 1.165) is 50.5 Å². The molecule has 3 aliphatic heterocycles. The number of nitrogens with zero attached hydrogens (tertiary/aromatic N) is 4. The summed E-state index contributed by atoms with van der Waals surface area (Å²) in [5.41, 5.74) is 2.90. The smallest absolute Gasteiger partial charge is 0.232 e. The fraction of sp³-hybridized carbons (Fsp3) is 0.409. The lowest BCUT2D eigenvalue weighted by molar-refractivity contribution is -0.122. The predicted molar refractivity (Wildman–Crippen MR) is 114 cm³/mol. The van der Waals surface area contributed by atoms with E-state index in [1.807, 2.05) is 23.6 Å². The zero-order chi connectivity index (χ0) is 19.8. The number of pyridine rings is 1. The van der Waals surface area contributed by atoms with E-state index in [0.29, 0.717) is 11.6 Å². The summed E-state index contributed by atoms with van der Waals surface area (Å²) in [6.45, 7) is 3.85. The first-order valence-corrected chi connectivity index (χ1v) is 11.1. The maximum absolute atomic E-state index is 12.4. The predicted octanol–water partition coefficient (Wildman–Crippen LogP) is 2.42. The van der Waals surface area contributed by atoms with E-state index in [-0.39, 0.29) is 17.1 Å². The van der Waals surface area contributed by atoms with Crippen molar-refractivity contribution in [3.8, 4) is 6.07 Å². The van der Waals surface area contributed by atoms with Crippen molar-refractivity contribution in [2.45, 2.75) is 24.1 Å². The summed E-state index contributed by atoms with van der Waals surface area (Å²) in [6.07, 6.45) is 10.4. The van der Waals surface area contributed by atoms with Gasteiger partial charge < -0.3 is 10.2 Å². The number of piperazine rings is 1. The average molecular weight is 406 g/mol. The molecular weight excluding hydrogens is 382 g/mol. The summed E-state index contributed by atoms with van der Waals surface area (Å²) in [4.78, 5) is 21.6. The van der Waals surface area contributed by atoms with Gasteiger partial charge in [0, 0.05) is 49.4 Å². The number of allylic oxidation sites excluding steroid dienone is 1. The molecule has 2 unspecified atom stereocenters. The minimum Gasteiger partial charge on any atom is -0.354 e. The Bertz CT molecular complexity index is 937. The molecule has 6 nitrogen and oxygen atoms in total. The van der Waals surface area contributed by atoms with Crippen molar-refractivity contribution in [1.82, 2.24) is 15.2 Å². The summed E-state index contributed by atoms with van der Waals surface area (Å²) in [7, 11) is 0. The molecule has 3 atom stereocenters. The van der Waals surface area contributed by atoms with E-state index in [1.54, 1.807) is 18.0 Å². The second-order valence-electron chi connectivity index (χ2n) is 7.86. The van der Waals surface area contributed by atoms with Crippen molar-refractivity contribution in [2.75, 3.05) is 31.1 Å². The number of hydrogen-bond acceptors (Lipinski definition) is 6. The minimum atomic E-state index is -0.00883. The Balaban J connectivity index is 1.21. The largest absolute Gasteiger partial charge is 0.354 e. The number of anilines is 1. The quantitative estimate of drug-likeness (QED) is 0.833. The maximum Gasteiger partial charge on any atom is 0.232 e.